The molecule has 1 aromatic rings. The molecular weight excluding hydrogens is 298 g/mol. The number of amides is 1. The maximum absolute atomic E-state index is 12.5. The molecule has 6 nitrogen and oxygen atoms in total. The summed E-state index contributed by atoms with van der Waals surface area (Å²) >= 11 is 0. The van der Waals surface area contributed by atoms with E-state index in [2.05, 4.69) is 0 Å². The number of rotatable bonds is 7. The van der Waals surface area contributed by atoms with E-state index in [4.69, 9.17) is 14.6 Å². The van der Waals surface area contributed by atoms with Gasteiger partial charge < -0.3 is 19.5 Å². The molecule has 0 spiro atoms. The van der Waals surface area contributed by atoms with Gasteiger partial charge in [-0.3, -0.25) is 9.59 Å². The highest BCUT2D eigenvalue weighted by Crippen LogP contribution is 2.21. The maximum atomic E-state index is 12.5. The number of benzene rings is 1. The van der Waals surface area contributed by atoms with Crippen LogP contribution < -0.4 is 4.74 Å². The van der Waals surface area contributed by atoms with Crippen LogP contribution in [0.5, 0.6) is 5.75 Å². The molecule has 6 heteroatoms. The quantitative estimate of drug-likeness (QED) is 0.827. The van der Waals surface area contributed by atoms with Gasteiger partial charge in [-0.05, 0) is 30.9 Å². The van der Waals surface area contributed by atoms with Gasteiger partial charge in [0.25, 0.3) is 0 Å². The molecule has 0 aromatic heterocycles. The van der Waals surface area contributed by atoms with Crippen LogP contribution >= 0.6 is 0 Å². The van der Waals surface area contributed by atoms with Crippen LogP contribution in [0, 0.1) is 0 Å². The van der Waals surface area contributed by atoms with Crippen molar-refractivity contribution in [2.45, 2.75) is 31.7 Å². The number of carbonyl (C=O) groups is 2. The number of ether oxygens (including phenoxy) is 2. The van der Waals surface area contributed by atoms with Gasteiger partial charge in [-0.2, -0.15) is 0 Å². The molecule has 1 heterocycles. The van der Waals surface area contributed by atoms with E-state index in [0.717, 1.165) is 11.3 Å². The monoisotopic (exact) mass is 321 g/mol. The minimum absolute atomic E-state index is 0.0509. The minimum atomic E-state index is -0.984. The molecule has 1 aliphatic heterocycles. The number of methoxy groups -OCH3 is 1. The zero-order valence-electron chi connectivity index (χ0n) is 13.4. The molecule has 0 atom stereocenters. The van der Waals surface area contributed by atoms with Gasteiger partial charge in [0.2, 0.25) is 5.91 Å². The summed E-state index contributed by atoms with van der Waals surface area (Å²) in [7, 11) is 1.60. The molecule has 126 valence electrons. The molecule has 1 aromatic carbocycles. The van der Waals surface area contributed by atoms with Crippen molar-refractivity contribution in [2.24, 2.45) is 0 Å². The first-order valence-corrected chi connectivity index (χ1v) is 7.82. The minimum Gasteiger partial charge on any atom is -0.496 e. The predicted molar refractivity (Wildman–Crippen MR) is 84.5 cm³/mol. The fourth-order valence-corrected chi connectivity index (χ4v) is 2.86. The van der Waals surface area contributed by atoms with Crippen molar-refractivity contribution in [2.75, 3.05) is 26.9 Å². The number of carboxylic acid groups (broad SMARTS) is 1. The Kier molecular flexibility index (Phi) is 6.40. The van der Waals surface area contributed by atoms with Crippen molar-refractivity contribution >= 4 is 11.9 Å². The SMILES string of the molecule is COc1ccccc1CCC(=O)N(CC(=O)O)C1CCOCC1. The van der Waals surface area contributed by atoms with Gasteiger partial charge >= 0.3 is 5.97 Å². The van der Waals surface area contributed by atoms with Gasteiger partial charge in [-0.25, -0.2) is 0 Å². The summed E-state index contributed by atoms with van der Waals surface area (Å²) in [6.45, 7) is 0.885. The van der Waals surface area contributed by atoms with Crippen LogP contribution in [-0.2, 0) is 20.7 Å². The number of hydrogen-bond donors (Lipinski definition) is 1. The van der Waals surface area contributed by atoms with E-state index in [1.54, 1.807) is 7.11 Å². The smallest absolute Gasteiger partial charge is 0.323 e. The predicted octanol–water partition coefficient (Wildman–Crippen LogP) is 1.72. The number of carbonyl (C=O) groups excluding carboxylic acids is 1. The van der Waals surface area contributed by atoms with Crippen molar-refractivity contribution in [1.29, 1.82) is 0 Å². The highest BCUT2D eigenvalue weighted by atomic mass is 16.5. The van der Waals surface area contributed by atoms with E-state index < -0.39 is 5.97 Å². The fraction of sp³-hybridized carbons (Fsp3) is 0.529. The van der Waals surface area contributed by atoms with Gasteiger partial charge in [0.15, 0.2) is 0 Å². The van der Waals surface area contributed by atoms with E-state index in [-0.39, 0.29) is 24.9 Å². The van der Waals surface area contributed by atoms with Gasteiger partial charge in [-0.1, -0.05) is 18.2 Å². The molecule has 0 bridgehead atoms. The molecule has 1 amide bonds. The van der Waals surface area contributed by atoms with Crippen LogP contribution in [0.4, 0.5) is 0 Å². The lowest BCUT2D eigenvalue weighted by atomic mass is 10.0. The summed E-state index contributed by atoms with van der Waals surface area (Å²) < 4.78 is 10.6. The topological polar surface area (TPSA) is 76.1 Å². The number of aryl methyl sites for hydroxylation is 1. The lowest BCUT2D eigenvalue weighted by Gasteiger charge is -2.33. The largest absolute Gasteiger partial charge is 0.496 e. The molecule has 2 rings (SSSR count). The van der Waals surface area contributed by atoms with E-state index >= 15 is 0 Å². The summed E-state index contributed by atoms with van der Waals surface area (Å²) in [6.07, 6.45) is 2.18. The van der Waals surface area contributed by atoms with Gasteiger partial charge in [0.1, 0.15) is 12.3 Å². The average Bonchev–Trinajstić information content (AvgIpc) is 2.58. The van der Waals surface area contributed by atoms with Crippen LogP contribution in [0.1, 0.15) is 24.8 Å². The lowest BCUT2D eigenvalue weighted by Crippen LogP contribution is -2.46. The van der Waals surface area contributed by atoms with Crippen LogP contribution in [0.3, 0.4) is 0 Å². The van der Waals surface area contributed by atoms with Crippen LogP contribution in [0.2, 0.25) is 0 Å². The number of hydrogen-bond acceptors (Lipinski definition) is 4. The van der Waals surface area contributed by atoms with Crippen molar-refractivity contribution in [3.63, 3.8) is 0 Å². The van der Waals surface area contributed by atoms with Gasteiger partial charge in [0.05, 0.1) is 7.11 Å². The Morgan fingerprint density at radius 2 is 2.00 bits per heavy atom. The standard InChI is InChI=1S/C17H23NO5/c1-22-15-5-3-2-4-13(15)6-7-16(19)18(12-17(20)21)14-8-10-23-11-9-14/h2-5,14H,6-12H2,1H3,(H,20,21). The molecule has 0 aliphatic carbocycles. The zero-order valence-corrected chi connectivity index (χ0v) is 13.4. The number of para-hydroxylation sites is 1. The van der Waals surface area contributed by atoms with E-state index in [0.29, 0.717) is 32.5 Å². The first-order valence-electron chi connectivity index (χ1n) is 7.82. The molecule has 0 radical (unpaired) electrons. The van der Waals surface area contributed by atoms with Crippen molar-refractivity contribution in [3.05, 3.63) is 29.8 Å². The highest BCUT2D eigenvalue weighted by molar-refractivity contribution is 5.81. The van der Waals surface area contributed by atoms with Crippen LogP contribution in [-0.4, -0.2) is 54.8 Å². The van der Waals surface area contributed by atoms with Crippen LogP contribution in [0.15, 0.2) is 24.3 Å². The Morgan fingerprint density at radius 3 is 2.65 bits per heavy atom. The Morgan fingerprint density at radius 1 is 1.30 bits per heavy atom. The van der Waals surface area contributed by atoms with Crippen molar-refractivity contribution in [1.82, 2.24) is 4.90 Å². The molecule has 1 saturated heterocycles. The first kappa shape index (κ1) is 17.3. The summed E-state index contributed by atoms with van der Waals surface area (Å²) in [5.41, 5.74) is 0.950. The fourth-order valence-electron chi connectivity index (χ4n) is 2.86. The highest BCUT2D eigenvalue weighted by Gasteiger charge is 2.27. The average molecular weight is 321 g/mol. The summed E-state index contributed by atoms with van der Waals surface area (Å²) in [4.78, 5) is 25.1. The number of carboxylic acids is 1. The van der Waals surface area contributed by atoms with E-state index in [9.17, 15) is 9.59 Å². The normalized spacial score (nSPS) is 15.2. The van der Waals surface area contributed by atoms with E-state index in [1.807, 2.05) is 24.3 Å². The first-order chi connectivity index (χ1) is 11.1. The van der Waals surface area contributed by atoms with E-state index in [1.165, 1.54) is 4.90 Å². The second kappa shape index (κ2) is 8.53. The Balaban J connectivity index is 2.00. The Hall–Kier alpha value is -2.08. The second-order valence-corrected chi connectivity index (χ2v) is 5.57. The molecule has 0 saturated carbocycles. The van der Waals surface area contributed by atoms with Crippen molar-refractivity contribution < 1.29 is 24.2 Å². The zero-order chi connectivity index (χ0) is 16.7. The molecule has 1 aliphatic rings. The molecule has 1 N–H and O–H groups in total. The second-order valence-electron chi connectivity index (χ2n) is 5.57. The number of nitrogens with zero attached hydrogens (tertiary/aromatic N) is 1. The van der Waals surface area contributed by atoms with Crippen LogP contribution in [0.25, 0.3) is 0 Å². The van der Waals surface area contributed by atoms with Crippen molar-refractivity contribution in [3.8, 4) is 5.75 Å². The summed E-state index contributed by atoms with van der Waals surface area (Å²) in [6, 6.07) is 7.50. The lowest BCUT2D eigenvalue weighted by molar-refractivity contribution is -0.147. The Bertz CT molecular complexity index is 540. The maximum Gasteiger partial charge on any atom is 0.323 e. The Labute approximate surface area is 136 Å². The molecular formula is C17H23NO5. The summed E-state index contributed by atoms with van der Waals surface area (Å²) in [5.74, 6) is -0.372. The third kappa shape index (κ3) is 4.96. The third-order valence-corrected chi connectivity index (χ3v) is 4.06. The molecule has 23 heavy (non-hydrogen) atoms. The molecule has 1 fully saturated rings. The number of aliphatic carboxylic acids is 1. The summed E-state index contributed by atoms with van der Waals surface area (Å²) in [5, 5.41) is 9.09. The molecule has 0 unspecified atom stereocenters. The third-order valence-electron chi connectivity index (χ3n) is 4.06. The van der Waals surface area contributed by atoms with Gasteiger partial charge in [-0.15, -0.1) is 0 Å². The van der Waals surface area contributed by atoms with Gasteiger partial charge in [0, 0.05) is 25.7 Å².